The van der Waals surface area contributed by atoms with E-state index in [1.54, 1.807) is 6.07 Å². The molecule has 1 aliphatic rings. The van der Waals surface area contributed by atoms with Crippen molar-refractivity contribution in [2.75, 3.05) is 32.1 Å². The summed E-state index contributed by atoms with van der Waals surface area (Å²) >= 11 is 0. The highest BCUT2D eigenvalue weighted by Crippen LogP contribution is 2.27. The number of aliphatic hydroxyl groups is 1. The smallest absolute Gasteiger partial charge is 0.295 e. The van der Waals surface area contributed by atoms with Gasteiger partial charge in [0.2, 0.25) is 0 Å². The zero-order valence-corrected chi connectivity index (χ0v) is 16.0. The Morgan fingerprint density at radius 3 is 2.78 bits per heavy atom. The third kappa shape index (κ3) is 5.16. The number of anilines is 1. The molecule has 0 radical (unpaired) electrons. The van der Waals surface area contributed by atoms with Crippen molar-refractivity contribution < 1.29 is 22.3 Å². The van der Waals surface area contributed by atoms with Gasteiger partial charge in [-0.1, -0.05) is 0 Å². The number of hydrogen-bond acceptors (Lipinski definition) is 6. The lowest BCUT2D eigenvalue weighted by Gasteiger charge is -2.29. The molecule has 27 heavy (non-hydrogen) atoms. The Bertz CT molecular complexity index is 865. The van der Waals surface area contributed by atoms with E-state index >= 15 is 0 Å². The molecule has 0 saturated heterocycles. The number of rotatable bonds is 8. The number of oxazole rings is 1. The van der Waals surface area contributed by atoms with Crippen molar-refractivity contribution in [3.05, 3.63) is 24.0 Å². The predicted octanol–water partition coefficient (Wildman–Crippen LogP) is 1.70. The van der Waals surface area contributed by atoms with Crippen molar-refractivity contribution in [2.45, 2.75) is 31.7 Å². The zero-order valence-electron chi connectivity index (χ0n) is 15.2. The van der Waals surface area contributed by atoms with Crippen LogP contribution in [-0.4, -0.2) is 55.6 Å². The molecular formula is C17H25FN4O4S. The summed E-state index contributed by atoms with van der Waals surface area (Å²) in [7, 11) is -2.11. The van der Waals surface area contributed by atoms with E-state index in [0.717, 1.165) is 30.0 Å². The highest BCUT2D eigenvalue weighted by Gasteiger charge is 2.25. The molecule has 8 nitrogen and oxygen atoms in total. The Morgan fingerprint density at radius 2 is 2.07 bits per heavy atom. The van der Waals surface area contributed by atoms with Crippen LogP contribution in [0.1, 0.15) is 25.7 Å². The number of benzene rings is 1. The van der Waals surface area contributed by atoms with Crippen LogP contribution >= 0.6 is 0 Å². The van der Waals surface area contributed by atoms with E-state index in [2.05, 4.69) is 15.0 Å². The average Bonchev–Trinajstić information content (AvgIpc) is 3.02. The van der Waals surface area contributed by atoms with Crippen LogP contribution in [0.15, 0.2) is 22.6 Å². The average molecular weight is 400 g/mol. The zero-order chi connectivity index (χ0) is 19.4. The van der Waals surface area contributed by atoms with Gasteiger partial charge in [0, 0.05) is 32.2 Å². The molecule has 1 saturated carbocycles. The number of fused-ring (bicyclic) bond motifs is 1. The molecule has 1 aliphatic carbocycles. The molecule has 0 atom stereocenters. The number of nitrogens with one attached hydrogen (secondary N) is 2. The van der Waals surface area contributed by atoms with E-state index in [9.17, 15) is 12.8 Å². The second kappa shape index (κ2) is 8.51. The fourth-order valence-electron chi connectivity index (χ4n) is 3.24. The highest BCUT2D eigenvalue weighted by atomic mass is 32.2. The van der Waals surface area contributed by atoms with Crippen molar-refractivity contribution in [1.29, 1.82) is 0 Å². The molecule has 3 rings (SSSR count). The van der Waals surface area contributed by atoms with Crippen LogP contribution in [0.5, 0.6) is 0 Å². The number of nitrogens with zero attached hydrogens (tertiary/aromatic N) is 2. The summed E-state index contributed by atoms with van der Waals surface area (Å²) in [5.41, 5.74) is 1.02. The topological polar surface area (TPSA) is 108 Å². The van der Waals surface area contributed by atoms with E-state index in [0.29, 0.717) is 23.7 Å². The second-order valence-corrected chi connectivity index (χ2v) is 8.75. The minimum absolute atomic E-state index is 0.0698. The largest absolute Gasteiger partial charge is 0.423 e. The number of hydrogen-bond donors (Lipinski definition) is 3. The molecule has 1 heterocycles. The molecule has 1 fully saturated rings. The molecule has 150 valence electrons. The normalized spacial score (nSPS) is 21.0. The van der Waals surface area contributed by atoms with Crippen molar-refractivity contribution in [3.63, 3.8) is 0 Å². The van der Waals surface area contributed by atoms with Crippen molar-refractivity contribution in [3.8, 4) is 0 Å². The summed E-state index contributed by atoms with van der Waals surface area (Å²) in [5.74, 6) is -0.101. The summed E-state index contributed by atoms with van der Waals surface area (Å²) in [6, 6.07) is 4.80. The lowest BCUT2D eigenvalue weighted by molar-refractivity contribution is 0.264. The molecular weight excluding hydrogens is 375 g/mol. The number of likely N-dealkylation sites (N-methyl/N-ethyl adjacent to an activating group) is 1. The summed E-state index contributed by atoms with van der Waals surface area (Å²) in [5, 5.41) is 12.1. The van der Waals surface area contributed by atoms with E-state index in [1.165, 1.54) is 19.2 Å². The molecule has 0 amide bonds. The van der Waals surface area contributed by atoms with Gasteiger partial charge in [0.15, 0.2) is 5.58 Å². The quantitative estimate of drug-likeness (QED) is 0.623. The highest BCUT2D eigenvalue weighted by molar-refractivity contribution is 7.87. The van der Waals surface area contributed by atoms with Gasteiger partial charge in [-0.15, -0.1) is 0 Å². The van der Waals surface area contributed by atoms with Gasteiger partial charge in [0.1, 0.15) is 11.3 Å². The van der Waals surface area contributed by atoms with Gasteiger partial charge in [0.05, 0.1) is 6.61 Å². The van der Waals surface area contributed by atoms with Gasteiger partial charge in [-0.2, -0.15) is 17.7 Å². The first kappa shape index (κ1) is 20.0. The molecule has 1 aromatic carbocycles. The summed E-state index contributed by atoms with van der Waals surface area (Å²) in [6.45, 7) is 0.240. The number of aromatic nitrogens is 1. The molecule has 0 aliphatic heterocycles. The van der Waals surface area contributed by atoms with Gasteiger partial charge in [-0.25, -0.2) is 9.11 Å². The monoisotopic (exact) mass is 400 g/mol. The Hall–Kier alpha value is -1.75. The lowest BCUT2D eigenvalue weighted by Crippen LogP contribution is -2.42. The Labute approximate surface area is 157 Å². The first-order valence-electron chi connectivity index (χ1n) is 9.02. The molecule has 0 unspecified atom stereocenters. The molecule has 10 heteroatoms. The maximum atomic E-state index is 13.2. The lowest BCUT2D eigenvalue weighted by atomic mass is 9.86. The van der Waals surface area contributed by atoms with E-state index < -0.39 is 10.2 Å². The van der Waals surface area contributed by atoms with E-state index in [1.807, 2.05) is 0 Å². The van der Waals surface area contributed by atoms with E-state index in [4.69, 9.17) is 9.52 Å². The summed E-state index contributed by atoms with van der Waals surface area (Å²) in [6.07, 6.45) is 3.48. The minimum Gasteiger partial charge on any atom is -0.423 e. The maximum absolute atomic E-state index is 13.2. The predicted molar refractivity (Wildman–Crippen MR) is 100.0 cm³/mol. The van der Waals surface area contributed by atoms with Crippen LogP contribution in [0.3, 0.4) is 0 Å². The maximum Gasteiger partial charge on any atom is 0.295 e. The van der Waals surface area contributed by atoms with Gasteiger partial charge < -0.3 is 14.8 Å². The number of halogens is 1. The summed E-state index contributed by atoms with van der Waals surface area (Å²) < 4.78 is 46.5. The summed E-state index contributed by atoms with van der Waals surface area (Å²) in [4.78, 5) is 4.31. The van der Waals surface area contributed by atoms with Crippen molar-refractivity contribution in [1.82, 2.24) is 14.0 Å². The third-order valence-electron chi connectivity index (χ3n) is 4.90. The Balaban J connectivity index is 1.47. The molecule has 1 aromatic heterocycles. The van der Waals surface area contributed by atoms with Crippen LogP contribution in [0, 0.1) is 11.7 Å². The van der Waals surface area contributed by atoms with Crippen LogP contribution in [-0.2, 0) is 10.2 Å². The van der Waals surface area contributed by atoms with Crippen molar-refractivity contribution in [2.24, 2.45) is 5.92 Å². The SMILES string of the molecule is CN(CCO)S(=O)(=O)NCC1CCC(Nc2nc3ccc(F)cc3o2)CC1. The van der Waals surface area contributed by atoms with Gasteiger partial charge >= 0.3 is 0 Å². The first-order chi connectivity index (χ1) is 12.9. The fraction of sp³-hybridized carbons (Fsp3) is 0.588. The van der Waals surface area contributed by atoms with E-state index in [-0.39, 0.29) is 30.9 Å². The fourth-order valence-corrected chi connectivity index (χ4v) is 4.23. The standard InChI is InChI=1S/C17H25FN4O4S/c1-22(8-9-23)27(24,25)19-11-12-2-5-14(6-3-12)20-17-21-15-7-4-13(18)10-16(15)26-17/h4,7,10,12,14,19,23H,2-3,5-6,8-9,11H2,1H3,(H,20,21). The molecule has 3 N–H and O–H groups in total. The van der Waals surface area contributed by atoms with Crippen LogP contribution in [0.2, 0.25) is 0 Å². The molecule has 0 bridgehead atoms. The third-order valence-corrected chi connectivity index (χ3v) is 6.44. The van der Waals surface area contributed by atoms with Gasteiger partial charge in [0.25, 0.3) is 16.2 Å². The van der Waals surface area contributed by atoms with Gasteiger partial charge in [-0.05, 0) is 43.7 Å². The number of aliphatic hydroxyl groups excluding tert-OH is 1. The Kier molecular flexibility index (Phi) is 6.30. The Morgan fingerprint density at radius 1 is 1.33 bits per heavy atom. The van der Waals surface area contributed by atoms with Crippen LogP contribution < -0.4 is 10.0 Å². The van der Waals surface area contributed by atoms with Crippen molar-refractivity contribution >= 4 is 27.3 Å². The second-order valence-electron chi connectivity index (χ2n) is 6.89. The van der Waals surface area contributed by atoms with Crippen LogP contribution in [0.4, 0.5) is 10.4 Å². The molecule has 2 aromatic rings. The first-order valence-corrected chi connectivity index (χ1v) is 10.5. The van der Waals surface area contributed by atoms with Gasteiger partial charge in [-0.3, -0.25) is 0 Å². The minimum atomic E-state index is -3.55. The van der Waals surface area contributed by atoms with Crippen LogP contribution in [0.25, 0.3) is 11.1 Å². The molecule has 0 spiro atoms.